The highest BCUT2D eigenvalue weighted by molar-refractivity contribution is 7.90. The van der Waals surface area contributed by atoms with E-state index in [-0.39, 0.29) is 29.1 Å². The summed E-state index contributed by atoms with van der Waals surface area (Å²) in [6, 6.07) is 5.22. The minimum Gasteiger partial charge on any atom is -0.429 e. The standard InChI is InChI=1S/C14H16N2O4S2/c1-22(18,19)7-6-16(10-3-4-10)13(17)9-2-5-11-12(8-9)20-14(21)15-11/h2,5,8,10H,3-4,6-7H2,1H3,(H,15,21). The van der Waals surface area contributed by atoms with E-state index in [1.54, 1.807) is 23.1 Å². The van der Waals surface area contributed by atoms with Crippen molar-refractivity contribution in [2.24, 2.45) is 0 Å². The molecule has 1 fully saturated rings. The maximum Gasteiger partial charge on any atom is 0.266 e. The highest BCUT2D eigenvalue weighted by atomic mass is 32.2. The molecule has 1 aromatic carbocycles. The lowest BCUT2D eigenvalue weighted by molar-refractivity contribution is 0.0754. The van der Waals surface area contributed by atoms with Gasteiger partial charge < -0.3 is 14.3 Å². The fourth-order valence-corrected chi connectivity index (χ4v) is 3.07. The van der Waals surface area contributed by atoms with Gasteiger partial charge in [0.1, 0.15) is 9.84 Å². The van der Waals surface area contributed by atoms with Crippen molar-refractivity contribution >= 4 is 39.1 Å². The van der Waals surface area contributed by atoms with E-state index >= 15 is 0 Å². The summed E-state index contributed by atoms with van der Waals surface area (Å²) in [5, 5.41) is 0. The molecule has 1 saturated carbocycles. The van der Waals surface area contributed by atoms with Gasteiger partial charge in [0.05, 0.1) is 11.3 Å². The third kappa shape index (κ3) is 3.38. The van der Waals surface area contributed by atoms with E-state index in [4.69, 9.17) is 16.6 Å². The van der Waals surface area contributed by atoms with Crippen LogP contribution in [-0.4, -0.2) is 48.8 Å². The first-order valence-electron chi connectivity index (χ1n) is 6.95. The van der Waals surface area contributed by atoms with Crippen LogP contribution in [0.3, 0.4) is 0 Å². The van der Waals surface area contributed by atoms with E-state index in [0.717, 1.165) is 18.4 Å². The van der Waals surface area contributed by atoms with Crippen LogP contribution in [0.2, 0.25) is 0 Å². The number of hydrogen-bond donors (Lipinski definition) is 1. The predicted molar refractivity (Wildman–Crippen MR) is 85.2 cm³/mol. The van der Waals surface area contributed by atoms with Crippen LogP contribution in [-0.2, 0) is 9.84 Å². The summed E-state index contributed by atoms with van der Waals surface area (Å²) in [6.45, 7) is 0.219. The lowest BCUT2D eigenvalue weighted by atomic mass is 10.2. The number of hydrogen-bond acceptors (Lipinski definition) is 5. The second-order valence-corrected chi connectivity index (χ2v) is 8.22. The zero-order chi connectivity index (χ0) is 15.9. The summed E-state index contributed by atoms with van der Waals surface area (Å²) in [5.41, 5.74) is 1.73. The number of aromatic amines is 1. The molecule has 0 aliphatic heterocycles. The van der Waals surface area contributed by atoms with Crippen molar-refractivity contribution in [1.29, 1.82) is 0 Å². The highest BCUT2D eigenvalue weighted by Gasteiger charge is 2.33. The quantitative estimate of drug-likeness (QED) is 0.843. The maximum absolute atomic E-state index is 12.6. The smallest absolute Gasteiger partial charge is 0.266 e. The van der Waals surface area contributed by atoms with Crippen molar-refractivity contribution in [3.63, 3.8) is 0 Å². The normalized spacial score (nSPS) is 15.1. The molecule has 0 unspecified atom stereocenters. The Bertz CT molecular complexity index is 878. The number of carbonyl (C=O) groups is 1. The van der Waals surface area contributed by atoms with Crippen molar-refractivity contribution < 1.29 is 17.6 Å². The highest BCUT2D eigenvalue weighted by Crippen LogP contribution is 2.28. The number of aromatic nitrogens is 1. The van der Waals surface area contributed by atoms with Gasteiger partial charge in [0.25, 0.3) is 10.7 Å². The Balaban J connectivity index is 1.86. The summed E-state index contributed by atoms with van der Waals surface area (Å²) in [7, 11) is -3.10. The first kappa shape index (κ1) is 15.2. The molecule has 0 saturated heterocycles. The molecule has 22 heavy (non-hydrogen) atoms. The third-order valence-corrected chi connectivity index (χ3v) is 4.73. The zero-order valence-electron chi connectivity index (χ0n) is 12.0. The Kier molecular flexibility index (Phi) is 3.82. The summed E-state index contributed by atoms with van der Waals surface area (Å²) in [4.78, 5) is 17.4. The Morgan fingerprint density at radius 3 is 2.82 bits per heavy atom. The number of nitrogens with one attached hydrogen (secondary N) is 1. The van der Waals surface area contributed by atoms with Gasteiger partial charge in [-0.2, -0.15) is 0 Å². The third-order valence-electron chi connectivity index (χ3n) is 3.62. The minimum atomic E-state index is -3.10. The molecule has 3 rings (SSSR count). The van der Waals surface area contributed by atoms with Gasteiger partial charge in [-0.3, -0.25) is 4.79 Å². The largest absolute Gasteiger partial charge is 0.429 e. The number of fused-ring (bicyclic) bond motifs is 1. The van der Waals surface area contributed by atoms with Crippen LogP contribution < -0.4 is 0 Å². The average molecular weight is 340 g/mol. The van der Waals surface area contributed by atoms with Crippen molar-refractivity contribution in [1.82, 2.24) is 9.88 Å². The Morgan fingerprint density at radius 2 is 2.18 bits per heavy atom. The second-order valence-electron chi connectivity index (χ2n) is 5.59. The summed E-state index contributed by atoms with van der Waals surface area (Å²) < 4.78 is 28.0. The maximum atomic E-state index is 12.6. The number of benzene rings is 1. The summed E-state index contributed by atoms with van der Waals surface area (Å²) in [5.74, 6) is -0.196. The first-order valence-corrected chi connectivity index (χ1v) is 9.42. The molecule has 6 nitrogen and oxygen atoms in total. The van der Waals surface area contributed by atoms with Gasteiger partial charge in [0.15, 0.2) is 5.58 Å². The Hall–Kier alpha value is -1.67. The molecule has 1 aliphatic rings. The van der Waals surface area contributed by atoms with E-state index in [1.807, 2.05) is 0 Å². The molecule has 118 valence electrons. The topological polar surface area (TPSA) is 83.4 Å². The second kappa shape index (κ2) is 5.51. The van der Waals surface area contributed by atoms with E-state index in [0.29, 0.717) is 11.1 Å². The number of H-pyrrole nitrogens is 1. The molecule has 1 heterocycles. The molecule has 1 aliphatic carbocycles. The van der Waals surface area contributed by atoms with Crippen molar-refractivity contribution in [2.45, 2.75) is 18.9 Å². The van der Waals surface area contributed by atoms with Gasteiger partial charge in [-0.1, -0.05) is 0 Å². The van der Waals surface area contributed by atoms with Crippen molar-refractivity contribution in [3.8, 4) is 0 Å². The Labute approximate surface area is 133 Å². The van der Waals surface area contributed by atoms with E-state index in [1.165, 1.54) is 6.26 Å². The van der Waals surface area contributed by atoms with Gasteiger partial charge in [0.2, 0.25) is 0 Å². The van der Waals surface area contributed by atoms with Gasteiger partial charge in [-0.15, -0.1) is 0 Å². The molecule has 2 aromatic rings. The summed E-state index contributed by atoms with van der Waals surface area (Å²) in [6.07, 6.45) is 3.02. The molecule has 1 aromatic heterocycles. The van der Waals surface area contributed by atoms with E-state index < -0.39 is 9.84 Å². The average Bonchev–Trinajstić information content (AvgIpc) is 3.17. The van der Waals surface area contributed by atoms with Crippen LogP contribution in [0.5, 0.6) is 0 Å². The molecule has 0 spiro atoms. The monoisotopic (exact) mass is 340 g/mol. The SMILES string of the molecule is CS(=O)(=O)CCN(C(=O)c1ccc2[nH]c(=S)oc2c1)C1CC1. The number of rotatable bonds is 5. The van der Waals surface area contributed by atoms with Crippen molar-refractivity contribution in [2.75, 3.05) is 18.6 Å². The van der Waals surface area contributed by atoms with Crippen LogP contribution in [0.15, 0.2) is 22.6 Å². The molecule has 1 amide bonds. The summed E-state index contributed by atoms with van der Waals surface area (Å²) >= 11 is 4.92. The minimum absolute atomic E-state index is 0.0255. The molecular weight excluding hydrogens is 324 g/mol. The van der Waals surface area contributed by atoms with Crippen LogP contribution in [0, 0.1) is 4.84 Å². The Morgan fingerprint density at radius 1 is 1.45 bits per heavy atom. The molecule has 0 bridgehead atoms. The van der Waals surface area contributed by atoms with Crippen molar-refractivity contribution in [3.05, 3.63) is 28.6 Å². The number of amides is 1. The number of oxazole rings is 1. The van der Waals surface area contributed by atoms with Gasteiger partial charge in [-0.25, -0.2) is 8.42 Å². The van der Waals surface area contributed by atoms with Crippen LogP contribution in [0.1, 0.15) is 23.2 Å². The fraction of sp³-hybridized carbons (Fsp3) is 0.429. The van der Waals surface area contributed by atoms with E-state index in [2.05, 4.69) is 4.98 Å². The fourth-order valence-electron chi connectivity index (χ4n) is 2.34. The molecule has 1 N–H and O–H groups in total. The zero-order valence-corrected chi connectivity index (χ0v) is 13.7. The van der Waals surface area contributed by atoms with Crippen LogP contribution in [0.25, 0.3) is 11.1 Å². The van der Waals surface area contributed by atoms with Crippen LogP contribution in [0.4, 0.5) is 0 Å². The van der Waals surface area contributed by atoms with Crippen LogP contribution >= 0.6 is 12.2 Å². The molecule has 0 radical (unpaired) electrons. The van der Waals surface area contributed by atoms with E-state index in [9.17, 15) is 13.2 Å². The first-order chi connectivity index (χ1) is 10.3. The van der Waals surface area contributed by atoms with Gasteiger partial charge in [-0.05, 0) is 43.3 Å². The molecular formula is C14H16N2O4S2. The molecule has 0 atom stereocenters. The predicted octanol–water partition coefficient (Wildman–Crippen LogP) is 2.14. The number of carbonyl (C=O) groups excluding carboxylic acids is 1. The molecule has 8 heteroatoms. The number of nitrogens with zero attached hydrogens (tertiary/aromatic N) is 1. The van der Waals surface area contributed by atoms with Gasteiger partial charge in [0, 0.05) is 24.4 Å². The lowest BCUT2D eigenvalue weighted by Gasteiger charge is -2.22. The van der Waals surface area contributed by atoms with Gasteiger partial charge >= 0.3 is 0 Å². The number of sulfone groups is 1. The lowest BCUT2D eigenvalue weighted by Crippen LogP contribution is -2.36.